The standard InChI is InChI=1S/C18H20F3N3O/c1-13-10-22-17(23-11-13)25-16-5-7-24(8-6-16)12-14-3-2-4-15(9-14)18(19,20)21/h2-4,9-11,16H,5-8,12H2,1H3. The Balaban J connectivity index is 1.52. The molecule has 1 saturated heterocycles. The van der Waals surface area contributed by atoms with Crippen LogP contribution in [0.3, 0.4) is 0 Å². The lowest BCUT2D eigenvalue weighted by molar-refractivity contribution is -0.137. The van der Waals surface area contributed by atoms with Gasteiger partial charge in [-0.1, -0.05) is 18.2 Å². The Morgan fingerprint density at radius 3 is 2.48 bits per heavy atom. The number of hydrogen-bond acceptors (Lipinski definition) is 4. The van der Waals surface area contributed by atoms with Crippen LogP contribution in [0.5, 0.6) is 6.01 Å². The lowest BCUT2D eigenvalue weighted by Crippen LogP contribution is -2.38. The normalized spacial score (nSPS) is 16.8. The lowest BCUT2D eigenvalue weighted by atomic mass is 10.1. The molecule has 1 fully saturated rings. The smallest absolute Gasteiger partial charge is 0.416 e. The van der Waals surface area contributed by atoms with E-state index in [4.69, 9.17) is 4.74 Å². The summed E-state index contributed by atoms with van der Waals surface area (Å²) in [5.41, 5.74) is 1.05. The van der Waals surface area contributed by atoms with Crippen molar-refractivity contribution in [3.63, 3.8) is 0 Å². The van der Waals surface area contributed by atoms with Gasteiger partial charge < -0.3 is 4.74 Å². The molecule has 1 aromatic heterocycles. The van der Waals surface area contributed by atoms with Gasteiger partial charge in [-0.05, 0) is 37.0 Å². The first-order valence-electron chi connectivity index (χ1n) is 8.24. The van der Waals surface area contributed by atoms with Crippen molar-refractivity contribution < 1.29 is 17.9 Å². The van der Waals surface area contributed by atoms with E-state index in [9.17, 15) is 13.2 Å². The monoisotopic (exact) mass is 351 g/mol. The number of benzene rings is 1. The summed E-state index contributed by atoms with van der Waals surface area (Å²) in [5, 5.41) is 0. The predicted octanol–water partition coefficient (Wildman–Crippen LogP) is 3.85. The minimum Gasteiger partial charge on any atom is -0.460 e. The molecule has 0 bridgehead atoms. The quantitative estimate of drug-likeness (QED) is 0.839. The molecule has 1 aromatic carbocycles. The second kappa shape index (κ2) is 7.39. The van der Waals surface area contributed by atoms with E-state index < -0.39 is 11.7 Å². The van der Waals surface area contributed by atoms with E-state index in [-0.39, 0.29) is 6.10 Å². The number of nitrogens with zero attached hydrogens (tertiary/aromatic N) is 3. The molecule has 2 aromatic rings. The van der Waals surface area contributed by atoms with Gasteiger partial charge in [-0.25, -0.2) is 9.97 Å². The maximum absolute atomic E-state index is 12.8. The fourth-order valence-electron chi connectivity index (χ4n) is 2.88. The average molecular weight is 351 g/mol. The predicted molar refractivity (Wildman–Crippen MR) is 87.1 cm³/mol. The van der Waals surface area contributed by atoms with E-state index in [2.05, 4.69) is 14.9 Å². The van der Waals surface area contributed by atoms with Crippen LogP contribution in [0.1, 0.15) is 29.5 Å². The van der Waals surface area contributed by atoms with E-state index in [1.165, 1.54) is 12.1 Å². The molecule has 3 rings (SSSR count). The molecule has 134 valence electrons. The molecule has 0 atom stereocenters. The number of aromatic nitrogens is 2. The molecule has 4 nitrogen and oxygen atoms in total. The van der Waals surface area contributed by atoms with Crippen molar-refractivity contribution in [1.29, 1.82) is 0 Å². The van der Waals surface area contributed by atoms with Gasteiger partial charge in [0, 0.05) is 32.0 Å². The van der Waals surface area contributed by atoms with Crippen LogP contribution in [-0.4, -0.2) is 34.1 Å². The zero-order chi connectivity index (χ0) is 17.9. The number of ether oxygens (including phenoxy) is 1. The van der Waals surface area contributed by atoms with Crippen molar-refractivity contribution in [3.8, 4) is 6.01 Å². The van der Waals surface area contributed by atoms with Crippen LogP contribution in [0.2, 0.25) is 0 Å². The van der Waals surface area contributed by atoms with E-state index >= 15 is 0 Å². The Hall–Kier alpha value is -2.15. The number of halogens is 3. The van der Waals surface area contributed by atoms with Gasteiger partial charge in [0.15, 0.2) is 0 Å². The first-order valence-corrected chi connectivity index (χ1v) is 8.24. The molecule has 0 spiro atoms. The summed E-state index contributed by atoms with van der Waals surface area (Å²) in [7, 11) is 0. The molecule has 0 radical (unpaired) electrons. The Labute approximate surface area is 144 Å². The third-order valence-electron chi connectivity index (χ3n) is 4.22. The van der Waals surface area contributed by atoms with Crippen molar-refractivity contribution in [2.24, 2.45) is 0 Å². The molecule has 25 heavy (non-hydrogen) atoms. The second-order valence-corrected chi connectivity index (χ2v) is 6.33. The van der Waals surface area contributed by atoms with Crippen molar-refractivity contribution in [3.05, 3.63) is 53.3 Å². The first kappa shape index (κ1) is 17.7. The Kier molecular flexibility index (Phi) is 5.22. The SMILES string of the molecule is Cc1cnc(OC2CCN(Cc3cccc(C(F)(F)F)c3)CC2)nc1. The molecule has 0 saturated carbocycles. The number of aryl methyl sites for hydroxylation is 1. The van der Waals surface area contributed by atoms with E-state index in [0.717, 1.165) is 37.6 Å². The highest BCUT2D eigenvalue weighted by molar-refractivity contribution is 5.25. The highest BCUT2D eigenvalue weighted by Crippen LogP contribution is 2.30. The van der Waals surface area contributed by atoms with Crippen LogP contribution in [0.25, 0.3) is 0 Å². The summed E-state index contributed by atoms with van der Waals surface area (Å²) in [5.74, 6) is 0. The second-order valence-electron chi connectivity index (χ2n) is 6.33. The summed E-state index contributed by atoms with van der Waals surface area (Å²) in [6.07, 6.45) is 0.772. The van der Waals surface area contributed by atoms with Gasteiger partial charge in [0.25, 0.3) is 0 Å². The van der Waals surface area contributed by atoms with Crippen molar-refractivity contribution in [1.82, 2.24) is 14.9 Å². The summed E-state index contributed by atoms with van der Waals surface area (Å²) >= 11 is 0. The molecular weight excluding hydrogens is 331 g/mol. The first-order chi connectivity index (χ1) is 11.9. The van der Waals surface area contributed by atoms with Gasteiger partial charge in [-0.3, -0.25) is 4.90 Å². The van der Waals surface area contributed by atoms with Crippen LogP contribution < -0.4 is 4.74 Å². The van der Waals surface area contributed by atoms with Crippen molar-refractivity contribution in [2.75, 3.05) is 13.1 Å². The Morgan fingerprint density at radius 1 is 1.16 bits per heavy atom. The topological polar surface area (TPSA) is 38.2 Å². The number of rotatable bonds is 4. The fourth-order valence-corrected chi connectivity index (χ4v) is 2.88. The molecule has 1 aliphatic rings. The molecule has 7 heteroatoms. The highest BCUT2D eigenvalue weighted by Gasteiger charge is 2.30. The molecule has 0 aliphatic carbocycles. The Morgan fingerprint density at radius 2 is 1.84 bits per heavy atom. The average Bonchev–Trinajstić information content (AvgIpc) is 2.58. The van der Waals surface area contributed by atoms with Gasteiger partial charge in [0.05, 0.1) is 5.56 Å². The largest absolute Gasteiger partial charge is 0.460 e. The summed E-state index contributed by atoms with van der Waals surface area (Å²) < 4.78 is 44.1. The van der Waals surface area contributed by atoms with Crippen molar-refractivity contribution >= 4 is 0 Å². The number of likely N-dealkylation sites (tertiary alicyclic amines) is 1. The number of alkyl halides is 3. The van der Waals surface area contributed by atoms with Crippen LogP contribution in [0, 0.1) is 6.92 Å². The van der Waals surface area contributed by atoms with Gasteiger partial charge in [0.1, 0.15) is 6.10 Å². The Bertz CT molecular complexity index is 695. The highest BCUT2D eigenvalue weighted by atomic mass is 19.4. The van der Waals surface area contributed by atoms with Crippen LogP contribution in [-0.2, 0) is 12.7 Å². The van der Waals surface area contributed by atoms with E-state index in [1.807, 2.05) is 6.92 Å². The minimum absolute atomic E-state index is 0.0421. The van der Waals surface area contributed by atoms with Crippen LogP contribution in [0.4, 0.5) is 13.2 Å². The van der Waals surface area contributed by atoms with Crippen LogP contribution in [0.15, 0.2) is 36.7 Å². The summed E-state index contributed by atoms with van der Waals surface area (Å²) in [6, 6.07) is 5.90. The van der Waals surface area contributed by atoms with E-state index in [1.54, 1.807) is 18.5 Å². The van der Waals surface area contributed by atoms with Gasteiger partial charge in [-0.2, -0.15) is 13.2 Å². The molecule has 1 aliphatic heterocycles. The lowest BCUT2D eigenvalue weighted by Gasteiger charge is -2.31. The van der Waals surface area contributed by atoms with Crippen LogP contribution >= 0.6 is 0 Å². The maximum Gasteiger partial charge on any atom is 0.416 e. The van der Waals surface area contributed by atoms with Gasteiger partial charge in [0.2, 0.25) is 0 Å². The summed E-state index contributed by atoms with van der Waals surface area (Å²) in [6.45, 7) is 3.97. The fraction of sp³-hybridized carbons (Fsp3) is 0.444. The van der Waals surface area contributed by atoms with Gasteiger partial charge in [-0.15, -0.1) is 0 Å². The third-order valence-corrected chi connectivity index (χ3v) is 4.22. The molecule has 0 N–H and O–H groups in total. The van der Waals surface area contributed by atoms with Crippen molar-refractivity contribution in [2.45, 2.75) is 38.6 Å². The number of hydrogen-bond donors (Lipinski definition) is 0. The van der Waals surface area contributed by atoms with Gasteiger partial charge >= 0.3 is 12.2 Å². The zero-order valence-electron chi connectivity index (χ0n) is 14.0. The minimum atomic E-state index is -4.30. The zero-order valence-corrected chi connectivity index (χ0v) is 14.0. The molecular formula is C18H20F3N3O. The number of piperidine rings is 1. The third kappa shape index (κ3) is 4.92. The molecule has 2 heterocycles. The molecule has 0 unspecified atom stereocenters. The van der Waals surface area contributed by atoms with E-state index in [0.29, 0.717) is 18.1 Å². The molecule has 0 amide bonds. The maximum atomic E-state index is 12.8. The summed E-state index contributed by atoms with van der Waals surface area (Å²) in [4.78, 5) is 10.4.